The van der Waals surface area contributed by atoms with Crippen LogP contribution in [0, 0.1) is 21.7 Å². The van der Waals surface area contributed by atoms with Crippen molar-refractivity contribution in [1.82, 2.24) is 4.72 Å². The molecular formula is C10H12F2N2O4S. The molecule has 106 valence electrons. The molecule has 1 rings (SSSR count). The number of halogens is 2. The third-order valence-electron chi connectivity index (χ3n) is 1.93. The molecule has 0 saturated heterocycles. The topological polar surface area (TPSA) is 89.3 Å². The summed E-state index contributed by atoms with van der Waals surface area (Å²) in [6.07, 6.45) is 0. The van der Waals surface area contributed by atoms with Gasteiger partial charge in [-0.05, 0) is 20.8 Å². The Labute approximate surface area is 108 Å². The number of hydrogen-bond acceptors (Lipinski definition) is 4. The lowest BCUT2D eigenvalue weighted by Crippen LogP contribution is -2.40. The summed E-state index contributed by atoms with van der Waals surface area (Å²) in [4.78, 5) is 8.44. The molecule has 0 saturated carbocycles. The Morgan fingerprint density at radius 1 is 1.21 bits per heavy atom. The smallest absolute Gasteiger partial charge is 0.258 e. The fourth-order valence-corrected chi connectivity index (χ4v) is 2.82. The average molecular weight is 294 g/mol. The van der Waals surface area contributed by atoms with Gasteiger partial charge >= 0.3 is 5.69 Å². The maximum atomic E-state index is 13.5. The van der Waals surface area contributed by atoms with Crippen molar-refractivity contribution in [3.8, 4) is 0 Å². The number of benzene rings is 1. The van der Waals surface area contributed by atoms with Gasteiger partial charge in [-0.3, -0.25) is 10.1 Å². The predicted octanol–water partition coefficient (Wildman–Crippen LogP) is 1.95. The molecule has 0 amide bonds. The van der Waals surface area contributed by atoms with Crippen molar-refractivity contribution < 1.29 is 22.1 Å². The molecule has 0 unspecified atom stereocenters. The third-order valence-corrected chi connectivity index (χ3v) is 3.70. The summed E-state index contributed by atoms with van der Waals surface area (Å²) in [6.45, 7) is 4.54. The van der Waals surface area contributed by atoms with Crippen LogP contribution in [0.25, 0.3) is 0 Å². The fraction of sp³-hybridized carbons (Fsp3) is 0.400. The Morgan fingerprint density at radius 3 is 2.16 bits per heavy atom. The Bertz CT molecular complexity index is 623. The highest BCUT2D eigenvalue weighted by atomic mass is 32.2. The summed E-state index contributed by atoms with van der Waals surface area (Å²) in [5.41, 5.74) is -2.01. The van der Waals surface area contributed by atoms with Crippen LogP contribution in [0.3, 0.4) is 0 Å². The lowest BCUT2D eigenvalue weighted by atomic mass is 10.1. The molecule has 1 aromatic rings. The van der Waals surface area contributed by atoms with Gasteiger partial charge < -0.3 is 0 Å². The number of nitrogens with one attached hydrogen (secondary N) is 1. The van der Waals surface area contributed by atoms with E-state index in [1.807, 2.05) is 0 Å². The summed E-state index contributed by atoms with van der Waals surface area (Å²) in [5.74, 6) is -2.82. The largest absolute Gasteiger partial charge is 0.306 e. The van der Waals surface area contributed by atoms with Crippen LogP contribution in [-0.4, -0.2) is 18.9 Å². The Balaban J connectivity index is 3.43. The van der Waals surface area contributed by atoms with Gasteiger partial charge in [-0.25, -0.2) is 17.5 Å². The van der Waals surface area contributed by atoms with Crippen LogP contribution >= 0.6 is 0 Å². The zero-order chi connectivity index (χ0) is 15.0. The molecule has 9 heteroatoms. The maximum absolute atomic E-state index is 13.5. The van der Waals surface area contributed by atoms with E-state index in [4.69, 9.17) is 0 Å². The molecule has 0 aliphatic carbocycles. The number of sulfonamides is 1. The quantitative estimate of drug-likeness (QED) is 0.681. The minimum atomic E-state index is -4.32. The number of nitro groups is 1. The summed E-state index contributed by atoms with van der Waals surface area (Å²) in [7, 11) is -4.32. The first-order valence-corrected chi connectivity index (χ1v) is 6.60. The molecule has 0 spiro atoms. The minimum Gasteiger partial charge on any atom is -0.258 e. The molecule has 0 atom stereocenters. The van der Waals surface area contributed by atoms with Crippen molar-refractivity contribution in [3.05, 3.63) is 33.9 Å². The van der Waals surface area contributed by atoms with E-state index in [9.17, 15) is 27.3 Å². The maximum Gasteiger partial charge on any atom is 0.306 e. The number of nitro benzene ring substituents is 1. The first kappa shape index (κ1) is 15.4. The van der Waals surface area contributed by atoms with Gasteiger partial charge in [0.1, 0.15) is 10.7 Å². The normalized spacial score (nSPS) is 12.5. The van der Waals surface area contributed by atoms with Crippen molar-refractivity contribution in [2.45, 2.75) is 31.2 Å². The van der Waals surface area contributed by atoms with E-state index in [2.05, 4.69) is 4.72 Å². The van der Waals surface area contributed by atoms with Crippen LogP contribution in [0.2, 0.25) is 0 Å². The second-order valence-corrected chi connectivity index (χ2v) is 6.50. The molecule has 0 aromatic heterocycles. The standard InChI is InChI=1S/C10H12F2N2O4S/c1-10(2,3)13-19(17,18)9-5-8(14(15)16)6(11)4-7(9)12/h4-5,13H,1-3H3. The molecule has 0 bridgehead atoms. The molecule has 6 nitrogen and oxygen atoms in total. The molecule has 0 fully saturated rings. The number of nitrogens with zero attached hydrogens (tertiary/aromatic N) is 1. The van der Waals surface area contributed by atoms with Crippen molar-refractivity contribution >= 4 is 15.7 Å². The molecular weight excluding hydrogens is 282 g/mol. The highest BCUT2D eigenvalue weighted by Crippen LogP contribution is 2.25. The predicted molar refractivity (Wildman–Crippen MR) is 63.1 cm³/mol. The molecule has 0 radical (unpaired) electrons. The minimum absolute atomic E-state index is 0.176. The number of rotatable bonds is 3. The van der Waals surface area contributed by atoms with Crippen LogP contribution < -0.4 is 4.72 Å². The van der Waals surface area contributed by atoms with Gasteiger partial charge in [0.05, 0.1) is 4.92 Å². The second kappa shape index (κ2) is 4.82. The lowest BCUT2D eigenvalue weighted by molar-refractivity contribution is -0.387. The summed E-state index contributed by atoms with van der Waals surface area (Å²) in [6, 6.07) is 0.536. The van der Waals surface area contributed by atoms with E-state index < -0.39 is 42.7 Å². The zero-order valence-electron chi connectivity index (χ0n) is 10.4. The SMILES string of the molecule is CC(C)(C)NS(=O)(=O)c1cc([N+](=O)[O-])c(F)cc1F. The van der Waals surface area contributed by atoms with Crippen molar-refractivity contribution in [3.63, 3.8) is 0 Å². The monoisotopic (exact) mass is 294 g/mol. The van der Waals surface area contributed by atoms with Crippen LogP contribution in [-0.2, 0) is 10.0 Å². The first-order chi connectivity index (χ1) is 8.44. The zero-order valence-corrected chi connectivity index (χ0v) is 11.2. The molecule has 1 aromatic carbocycles. The average Bonchev–Trinajstić information content (AvgIpc) is 2.11. The van der Waals surface area contributed by atoms with Gasteiger partial charge in [-0.2, -0.15) is 4.39 Å². The van der Waals surface area contributed by atoms with Gasteiger partial charge in [0.15, 0.2) is 0 Å². The third kappa shape index (κ3) is 3.67. The molecule has 1 N–H and O–H groups in total. The van der Waals surface area contributed by atoms with Gasteiger partial charge in [0, 0.05) is 17.7 Å². The van der Waals surface area contributed by atoms with Gasteiger partial charge in [0.2, 0.25) is 15.8 Å². The molecule has 0 heterocycles. The van der Waals surface area contributed by atoms with Gasteiger partial charge in [-0.15, -0.1) is 0 Å². The Morgan fingerprint density at radius 2 is 1.74 bits per heavy atom. The van der Waals surface area contributed by atoms with E-state index in [1.165, 1.54) is 20.8 Å². The Hall–Kier alpha value is -1.61. The highest BCUT2D eigenvalue weighted by molar-refractivity contribution is 7.89. The van der Waals surface area contributed by atoms with E-state index in [-0.39, 0.29) is 6.07 Å². The van der Waals surface area contributed by atoms with Crippen molar-refractivity contribution in [1.29, 1.82) is 0 Å². The van der Waals surface area contributed by atoms with E-state index in [0.717, 1.165) is 0 Å². The summed E-state index contributed by atoms with van der Waals surface area (Å²) >= 11 is 0. The van der Waals surface area contributed by atoms with Crippen molar-refractivity contribution in [2.24, 2.45) is 0 Å². The van der Waals surface area contributed by atoms with E-state index in [1.54, 1.807) is 0 Å². The van der Waals surface area contributed by atoms with Gasteiger partial charge in [-0.1, -0.05) is 0 Å². The summed E-state index contributed by atoms with van der Waals surface area (Å²) < 4.78 is 52.4. The van der Waals surface area contributed by atoms with Crippen LogP contribution in [0.5, 0.6) is 0 Å². The van der Waals surface area contributed by atoms with E-state index >= 15 is 0 Å². The van der Waals surface area contributed by atoms with Crippen LogP contribution in [0.4, 0.5) is 14.5 Å². The molecule has 0 aliphatic heterocycles. The molecule has 19 heavy (non-hydrogen) atoms. The first-order valence-electron chi connectivity index (χ1n) is 5.11. The number of hydrogen-bond donors (Lipinski definition) is 1. The van der Waals surface area contributed by atoms with Gasteiger partial charge in [0.25, 0.3) is 0 Å². The fourth-order valence-electron chi connectivity index (χ4n) is 1.32. The van der Waals surface area contributed by atoms with Crippen molar-refractivity contribution in [2.75, 3.05) is 0 Å². The lowest BCUT2D eigenvalue weighted by Gasteiger charge is -2.20. The highest BCUT2D eigenvalue weighted by Gasteiger charge is 2.29. The van der Waals surface area contributed by atoms with Crippen LogP contribution in [0.1, 0.15) is 20.8 Å². The van der Waals surface area contributed by atoms with E-state index in [0.29, 0.717) is 6.07 Å². The second-order valence-electron chi connectivity index (χ2n) is 4.85. The van der Waals surface area contributed by atoms with Crippen LogP contribution in [0.15, 0.2) is 17.0 Å². The molecule has 0 aliphatic rings. The Kier molecular flexibility index (Phi) is 3.92. The summed E-state index contributed by atoms with van der Waals surface area (Å²) in [5, 5.41) is 10.5.